The summed E-state index contributed by atoms with van der Waals surface area (Å²) < 4.78 is 52.4. The van der Waals surface area contributed by atoms with E-state index >= 15 is 0 Å². The second-order valence-electron chi connectivity index (χ2n) is 2.31. The molecule has 0 radical (unpaired) electrons. The number of ether oxygens (including phenoxy) is 1. The van der Waals surface area contributed by atoms with Crippen molar-refractivity contribution < 1.29 is 43.5 Å². The summed E-state index contributed by atoms with van der Waals surface area (Å²) in [5, 5.41) is 0. The molecule has 0 aliphatic heterocycles. The van der Waals surface area contributed by atoms with Crippen molar-refractivity contribution in [1.29, 1.82) is 0 Å². The maximum atomic E-state index is 12.8. The summed E-state index contributed by atoms with van der Waals surface area (Å²) in [5.41, 5.74) is 0. The summed E-state index contributed by atoms with van der Waals surface area (Å²) in [7, 11) is 0. The molecular weight excluding hydrogens is 315 g/mol. The first kappa shape index (κ1) is 11.5. The van der Waals surface area contributed by atoms with Gasteiger partial charge in [-0.05, 0) is 0 Å². The molecule has 0 saturated heterocycles. The SMILES string of the molecule is C[I-]c1ccc(F)c(OC(F)(F)F)c1. The van der Waals surface area contributed by atoms with Gasteiger partial charge in [-0.15, -0.1) is 0 Å². The summed E-state index contributed by atoms with van der Waals surface area (Å²) in [5.74, 6) is -1.75. The summed E-state index contributed by atoms with van der Waals surface area (Å²) in [6.07, 6.45) is -4.84. The molecule has 0 aromatic heterocycles. The van der Waals surface area contributed by atoms with E-state index in [4.69, 9.17) is 0 Å². The summed E-state index contributed by atoms with van der Waals surface area (Å²) >= 11 is -0.377. The molecule has 0 aliphatic rings. The van der Waals surface area contributed by atoms with Crippen LogP contribution in [0.2, 0.25) is 0 Å². The Morgan fingerprint density at radius 2 is 1.93 bits per heavy atom. The Morgan fingerprint density at radius 3 is 2.43 bits per heavy atom. The first-order valence-corrected chi connectivity index (χ1v) is 6.71. The van der Waals surface area contributed by atoms with Crippen LogP contribution in [0.1, 0.15) is 0 Å². The molecule has 0 fully saturated rings. The van der Waals surface area contributed by atoms with Gasteiger partial charge in [-0.1, -0.05) is 0 Å². The van der Waals surface area contributed by atoms with Crippen LogP contribution in [0.3, 0.4) is 0 Å². The monoisotopic (exact) mass is 321 g/mol. The van der Waals surface area contributed by atoms with E-state index in [0.29, 0.717) is 3.57 Å². The van der Waals surface area contributed by atoms with Gasteiger partial charge in [0.15, 0.2) is 0 Å². The van der Waals surface area contributed by atoms with E-state index in [9.17, 15) is 17.6 Å². The van der Waals surface area contributed by atoms with Crippen molar-refractivity contribution in [3.8, 4) is 5.75 Å². The van der Waals surface area contributed by atoms with Crippen molar-refractivity contribution in [2.75, 3.05) is 4.93 Å². The first-order chi connectivity index (χ1) is 6.42. The van der Waals surface area contributed by atoms with Crippen LogP contribution in [0.5, 0.6) is 5.75 Å². The molecule has 0 saturated carbocycles. The standard InChI is InChI=1S/C8H6F4IO/c1-13-5-2-3-6(9)7(4-5)14-8(10,11)12/h2-4H,1H3/q-1. The third-order valence-electron chi connectivity index (χ3n) is 1.34. The minimum absolute atomic E-state index is 0.377. The fourth-order valence-electron chi connectivity index (χ4n) is 0.798. The molecule has 1 aromatic carbocycles. The third-order valence-corrected chi connectivity index (χ3v) is 3.25. The van der Waals surface area contributed by atoms with Crippen LogP contribution < -0.4 is 25.9 Å². The van der Waals surface area contributed by atoms with Crippen molar-refractivity contribution in [3.63, 3.8) is 0 Å². The Balaban J connectivity index is 2.95. The van der Waals surface area contributed by atoms with E-state index in [1.807, 2.05) is 4.93 Å². The molecule has 0 atom stereocenters. The second kappa shape index (κ2) is 4.33. The Hall–Kier alpha value is -0.530. The van der Waals surface area contributed by atoms with Gasteiger partial charge in [0, 0.05) is 0 Å². The second-order valence-corrected chi connectivity index (χ2v) is 4.64. The molecule has 1 rings (SSSR count). The minimum atomic E-state index is -4.84. The first-order valence-electron chi connectivity index (χ1n) is 3.47. The maximum absolute atomic E-state index is 12.8. The van der Waals surface area contributed by atoms with Crippen molar-refractivity contribution in [1.82, 2.24) is 0 Å². The Bertz CT molecular complexity index is 324. The zero-order chi connectivity index (χ0) is 10.8. The normalized spacial score (nSPS) is 11.8. The third kappa shape index (κ3) is 3.32. The van der Waals surface area contributed by atoms with Crippen LogP contribution in [0.25, 0.3) is 0 Å². The molecule has 1 aromatic rings. The Labute approximate surface area is 88.3 Å². The van der Waals surface area contributed by atoms with E-state index in [0.717, 1.165) is 12.1 Å². The van der Waals surface area contributed by atoms with Crippen molar-refractivity contribution in [2.24, 2.45) is 0 Å². The number of benzene rings is 1. The number of halogens is 5. The van der Waals surface area contributed by atoms with Gasteiger partial charge in [-0.25, -0.2) is 0 Å². The van der Waals surface area contributed by atoms with E-state index in [1.165, 1.54) is 6.07 Å². The van der Waals surface area contributed by atoms with Gasteiger partial charge in [-0.3, -0.25) is 0 Å². The van der Waals surface area contributed by atoms with Gasteiger partial charge < -0.3 is 0 Å². The molecule has 1 nitrogen and oxygen atoms in total. The van der Waals surface area contributed by atoms with Crippen LogP contribution >= 0.6 is 0 Å². The summed E-state index contributed by atoms with van der Waals surface area (Å²) in [6, 6.07) is 3.54. The van der Waals surface area contributed by atoms with Crippen molar-refractivity contribution >= 4 is 0 Å². The Kier molecular flexibility index (Phi) is 3.57. The molecule has 0 unspecified atom stereocenters. The van der Waals surface area contributed by atoms with E-state index in [1.54, 1.807) is 0 Å². The average Bonchev–Trinajstić information content (AvgIpc) is 2.06. The predicted molar refractivity (Wildman–Crippen MR) is 37.7 cm³/mol. The quantitative estimate of drug-likeness (QED) is 0.410. The summed E-state index contributed by atoms with van der Waals surface area (Å²) in [4.78, 5) is 1.86. The molecule has 6 heteroatoms. The number of rotatable bonds is 2. The van der Waals surface area contributed by atoms with Gasteiger partial charge in [0.25, 0.3) is 0 Å². The molecule has 0 N–H and O–H groups in total. The molecule has 0 aliphatic carbocycles. The van der Waals surface area contributed by atoms with Crippen LogP contribution in [0.4, 0.5) is 17.6 Å². The van der Waals surface area contributed by atoms with Crippen LogP contribution in [-0.4, -0.2) is 11.3 Å². The molecule has 14 heavy (non-hydrogen) atoms. The predicted octanol–water partition coefficient (Wildman–Crippen LogP) is -0.387. The molecule has 0 bridgehead atoms. The molecule has 0 heterocycles. The van der Waals surface area contributed by atoms with Crippen molar-refractivity contribution in [3.05, 3.63) is 27.6 Å². The molecule has 0 amide bonds. The van der Waals surface area contributed by atoms with E-state index in [-0.39, 0.29) is 21.2 Å². The average molecular weight is 321 g/mol. The topological polar surface area (TPSA) is 9.23 Å². The zero-order valence-corrected chi connectivity index (χ0v) is 9.19. The molecular formula is C8H6F4IO-. The Morgan fingerprint density at radius 1 is 1.29 bits per heavy atom. The van der Waals surface area contributed by atoms with Gasteiger partial charge in [0.2, 0.25) is 0 Å². The number of hydrogen-bond acceptors (Lipinski definition) is 1. The summed E-state index contributed by atoms with van der Waals surface area (Å²) in [6.45, 7) is 0. The van der Waals surface area contributed by atoms with Gasteiger partial charge in [0.1, 0.15) is 0 Å². The van der Waals surface area contributed by atoms with E-state index < -0.39 is 17.9 Å². The molecule has 80 valence electrons. The van der Waals surface area contributed by atoms with Crippen LogP contribution in [0.15, 0.2) is 18.2 Å². The van der Waals surface area contributed by atoms with E-state index in [2.05, 4.69) is 4.74 Å². The molecule has 0 spiro atoms. The van der Waals surface area contributed by atoms with Gasteiger partial charge in [-0.2, -0.15) is 0 Å². The van der Waals surface area contributed by atoms with Gasteiger partial charge in [0.05, 0.1) is 0 Å². The van der Waals surface area contributed by atoms with Crippen LogP contribution in [-0.2, 0) is 0 Å². The fourth-order valence-corrected chi connectivity index (χ4v) is 1.93. The van der Waals surface area contributed by atoms with Crippen LogP contribution in [0, 0.1) is 9.39 Å². The zero-order valence-electron chi connectivity index (χ0n) is 7.03. The van der Waals surface area contributed by atoms with Crippen molar-refractivity contribution in [2.45, 2.75) is 6.36 Å². The fraction of sp³-hybridized carbons (Fsp3) is 0.250. The van der Waals surface area contributed by atoms with Gasteiger partial charge >= 0.3 is 88.1 Å². The number of alkyl halides is 4. The number of hydrogen-bond donors (Lipinski definition) is 0.